The number of aryl methyl sites for hydroxylation is 2. The van der Waals surface area contributed by atoms with Crippen molar-refractivity contribution in [2.75, 3.05) is 49.9 Å². The topological polar surface area (TPSA) is 145 Å². The van der Waals surface area contributed by atoms with E-state index >= 15 is 0 Å². The van der Waals surface area contributed by atoms with E-state index in [0.717, 1.165) is 36.2 Å². The molecule has 270 valence electrons. The molecule has 0 saturated carbocycles. The fourth-order valence-electron chi connectivity index (χ4n) is 6.32. The Bertz CT molecular complexity index is 1890. The molecule has 13 heteroatoms. The van der Waals surface area contributed by atoms with Gasteiger partial charge in [-0.15, -0.1) is 0 Å². The summed E-state index contributed by atoms with van der Waals surface area (Å²) in [5.74, 6) is 0.0109. The number of esters is 1. The Kier molecular flexibility index (Phi) is 11.7. The number of benzene rings is 2. The average molecular weight is 699 g/mol. The molecular formula is C38H46N6O7. The molecule has 3 N–H and O–H groups in total. The van der Waals surface area contributed by atoms with Crippen molar-refractivity contribution in [3.05, 3.63) is 77.9 Å². The monoisotopic (exact) mass is 698 g/mol. The molecule has 2 aliphatic heterocycles. The van der Waals surface area contributed by atoms with Gasteiger partial charge in [0, 0.05) is 69.4 Å². The van der Waals surface area contributed by atoms with Crippen LogP contribution in [0.1, 0.15) is 70.9 Å². The molecule has 0 bridgehead atoms. The molecule has 3 amide bonds. The third-order valence-corrected chi connectivity index (χ3v) is 8.90. The van der Waals surface area contributed by atoms with Gasteiger partial charge in [-0.1, -0.05) is 26.0 Å². The van der Waals surface area contributed by atoms with Crippen molar-refractivity contribution in [1.29, 1.82) is 0 Å². The van der Waals surface area contributed by atoms with Crippen LogP contribution in [0.2, 0.25) is 0 Å². The summed E-state index contributed by atoms with van der Waals surface area (Å²) in [6.45, 7) is 5.72. The second-order valence-corrected chi connectivity index (χ2v) is 12.2. The number of rotatable bonds is 11. The number of fused-ring (bicyclic) bond motifs is 2. The molecule has 4 heterocycles. The van der Waals surface area contributed by atoms with Gasteiger partial charge in [0.1, 0.15) is 11.4 Å². The van der Waals surface area contributed by atoms with Crippen LogP contribution in [-0.2, 0) is 23.6 Å². The van der Waals surface area contributed by atoms with E-state index in [4.69, 9.17) is 14.2 Å². The number of anilines is 3. The highest BCUT2D eigenvalue weighted by Gasteiger charge is 2.34. The lowest BCUT2D eigenvalue weighted by molar-refractivity contribution is -0.116. The van der Waals surface area contributed by atoms with Crippen molar-refractivity contribution < 1.29 is 33.4 Å². The van der Waals surface area contributed by atoms with Crippen molar-refractivity contribution in [2.45, 2.75) is 45.6 Å². The maximum Gasteiger partial charge on any atom is 0.354 e. The van der Waals surface area contributed by atoms with Gasteiger partial charge < -0.3 is 44.2 Å². The number of nitrogens with one attached hydrogen (secondary N) is 3. The SMILES string of the molecule is CC.COC(=O)c1cc(-c2ccc(NC(=O)c3cc(NC(=O)CCCOc4cc5c(cc4OC)C(=O)N4CCC[C@H]4CN5)cn3C)cc2)cn1C. The summed E-state index contributed by atoms with van der Waals surface area (Å²) in [5.41, 5.74) is 4.92. The minimum Gasteiger partial charge on any atom is -0.493 e. The van der Waals surface area contributed by atoms with Crippen LogP contribution in [0.5, 0.6) is 11.5 Å². The van der Waals surface area contributed by atoms with Gasteiger partial charge in [-0.3, -0.25) is 14.4 Å². The van der Waals surface area contributed by atoms with Crippen LogP contribution < -0.4 is 25.4 Å². The largest absolute Gasteiger partial charge is 0.493 e. The average Bonchev–Trinajstić information content (AvgIpc) is 3.85. The highest BCUT2D eigenvalue weighted by molar-refractivity contribution is 6.05. The Morgan fingerprint density at radius 2 is 1.63 bits per heavy atom. The van der Waals surface area contributed by atoms with Gasteiger partial charge in [-0.2, -0.15) is 0 Å². The number of nitrogens with zero attached hydrogens (tertiary/aromatic N) is 3. The van der Waals surface area contributed by atoms with Gasteiger partial charge in [0.25, 0.3) is 11.8 Å². The van der Waals surface area contributed by atoms with Gasteiger partial charge in [0.05, 0.1) is 37.8 Å². The maximum atomic E-state index is 13.1. The fourth-order valence-corrected chi connectivity index (χ4v) is 6.32. The number of hydrogen-bond donors (Lipinski definition) is 3. The number of methoxy groups -OCH3 is 2. The molecule has 2 aromatic heterocycles. The normalized spacial score (nSPS) is 14.6. The van der Waals surface area contributed by atoms with E-state index < -0.39 is 5.97 Å². The zero-order chi connectivity index (χ0) is 36.7. The molecular weight excluding hydrogens is 652 g/mol. The van der Waals surface area contributed by atoms with Gasteiger partial charge >= 0.3 is 5.97 Å². The van der Waals surface area contributed by atoms with E-state index in [1.165, 1.54) is 14.2 Å². The molecule has 0 aliphatic carbocycles. The number of ether oxygens (including phenoxy) is 3. The summed E-state index contributed by atoms with van der Waals surface area (Å²) in [7, 11) is 6.39. The molecule has 13 nitrogen and oxygen atoms in total. The third kappa shape index (κ3) is 8.19. The number of amides is 3. The molecule has 0 radical (unpaired) electrons. The lowest BCUT2D eigenvalue weighted by Crippen LogP contribution is -2.36. The zero-order valence-electron chi connectivity index (χ0n) is 30.0. The Morgan fingerprint density at radius 1 is 0.882 bits per heavy atom. The van der Waals surface area contributed by atoms with Crippen LogP contribution in [0.3, 0.4) is 0 Å². The molecule has 1 fully saturated rings. The third-order valence-electron chi connectivity index (χ3n) is 8.90. The molecule has 1 saturated heterocycles. The predicted molar refractivity (Wildman–Crippen MR) is 196 cm³/mol. The molecule has 0 unspecified atom stereocenters. The van der Waals surface area contributed by atoms with Crippen molar-refractivity contribution in [2.24, 2.45) is 14.1 Å². The lowest BCUT2D eigenvalue weighted by atomic mass is 10.1. The maximum absolute atomic E-state index is 13.1. The highest BCUT2D eigenvalue weighted by Crippen LogP contribution is 2.37. The van der Waals surface area contributed by atoms with Crippen LogP contribution in [0, 0.1) is 0 Å². The van der Waals surface area contributed by atoms with Crippen molar-refractivity contribution in [3.8, 4) is 22.6 Å². The number of carbonyl (C=O) groups excluding carboxylic acids is 4. The quantitative estimate of drug-likeness (QED) is 0.129. The van der Waals surface area contributed by atoms with Crippen molar-refractivity contribution in [1.82, 2.24) is 14.0 Å². The summed E-state index contributed by atoms with van der Waals surface area (Å²) in [6, 6.07) is 14.4. The second kappa shape index (κ2) is 16.3. The van der Waals surface area contributed by atoms with Crippen LogP contribution in [-0.4, -0.2) is 77.7 Å². The summed E-state index contributed by atoms with van der Waals surface area (Å²) in [5, 5.41) is 9.13. The molecule has 0 spiro atoms. The summed E-state index contributed by atoms with van der Waals surface area (Å²) in [4.78, 5) is 52.8. The summed E-state index contributed by atoms with van der Waals surface area (Å²) in [6.07, 6.45) is 6.15. The lowest BCUT2D eigenvalue weighted by Gasteiger charge is -2.21. The summed E-state index contributed by atoms with van der Waals surface area (Å²) < 4.78 is 19.7. The van der Waals surface area contributed by atoms with Gasteiger partial charge in [0.15, 0.2) is 11.5 Å². The van der Waals surface area contributed by atoms with Crippen LogP contribution in [0.4, 0.5) is 17.1 Å². The molecule has 51 heavy (non-hydrogen) atoms. The first-order valence-electron chi connectivity index (χ1n) is 17.2. The van der Waals surface area contributed by atoms with Crippen LogP contribution >= 0.6 is 0 Å². The van der Waals surface area contributed by atoms with Gasteiger partial charge in [0.2, 0.25) is 5.91 Å². The van der Waals surface area contributed by atoms with Gasteiger partial charge in [-0.05, 0) is 55.2 Å². The molecule has 2 aromatic carbocycles. The first-order valence-corrected chi connectivity index (χ1v) is 17.2. The van der Waals surface area contributed by atoms with Crippen LogP contribution in [0.25, 0.3) is 11.1 Å². The van der Waals surface area contributed by atoms with E-state index in [0.29, 0.717) is 52.8 Å². The summed E-state index contributed by atoms with van der Waals surface area (Å²) >= 11 is 0. The van der Waals surface area contributed by atoms with Crippen molar-refractivity contribution >= 4 is 40.8 Å². The van der Waals surface area contributed by atoms with Gasteiger partial charge in [-0.25, -0.2) is 4.79 Å². The van der Waals surface area contributed by atoms with E-state index in [9.17, 15) is 19.2 Å². The Morgan fingerprint density at radius 3 is 2.35 bits per heavy atom. The zero-order valence-corrected chi connectivity index (χ0v) is 30.0. The molecule has 4 aromatic rings. The van der Waals surface area contributed by atoms with E-state index in [-0.39, 0.29) is 36.8 Å². The number of hydrogen-bond acceptors (Lipinski definition) is 8. The minimum absolute atomic E-state index is 0.000766. The second-order valence-electron chi connectivity index (χ2n) is 12.2. The Balaban J connectivity index is 0.00000248. The Hall–Kier alpha value is -5.72. The Labute approximate surface area is 297 Å². The number of aromatic nitrogens is 2. The fraction of sp³-hybridized carbons (Fsp3) is 0.368. The standard InChI is InChI=1S/C36H40N6O7.C2H6/c1-40-20-23(15-30(40)36(46)48-4)22-9-11-24(12-10-22)39-34(44)29-16-25(21-41(29)2)38-33(43)8-6-14-49-32-18-28-27(17-31(32)47-3)35(45)42-13-5-7-26(42)19-37-28;1-2/h9-12,15-18,20-21,26,37H,5-8,13-14,19H2,1-4H3,(H,38,43)(H,39,44);1-2H3/t26-;/m0./s1. The first kappa shape index (κ1) is 36.6. The van der Waals surface area contributed by atoms with E-state index in [1.807, 2.05) is 37.1 Å². The van der Waals surface area contributed by atoms with Crippen LogP contribution in [0.15, 0.2) is 60.9 Å². The minimum atomic E-state index is -0.416. The van der Waals surface area contributed by atoms with E-state index in [2.05, 4.69) is 16.0 Å². The smallest absolute Gasteiger partial charge is 0.354 e. The molecule has 6 rings (SSSR count). The highest BCUT2D eigenvalue weighted by atomic mass is 16.5. The molecule has 1 atom stereocenters. The van der Waals surface area contributed by atoms with Crippen molar-refractivity contribution in [3.63, 3.8) is 0 Å². The molecule has 2 aliphatic rings. The predicted octanol–water partition coefficient (Wildman–Crippen LogP) is 5.93. The first-order chi connectivity index (χ1) is 24.6. The van der Waals surface area contributed by atoms with E-state index in [1.54, 1.807) is 65.8 Å². The number of carbonyl (C=O) groups is 4.